The largest absolute Gasteiger partial charge is 0.297 e. The van der Waals surface area contributed by atoms with E-state index in [1.807, 2.05) is 13.2 Å². The number of aryl methyl sites for hydroxylation is 2. The van der Waals surface area contributed by atoms with Crippen LogP contribution in [0.25, 0.3) is 10.6 Å². The van der Waals surface area contributed by atoms with Gasteiger partial charge in [-0.3, -0.25) is 9.48 Å². The first kappa shape index (κ1) is 10.0. The molecule has 0 bridgehead atoms. The quantitative estimate of drug-likeness (QED) is 0.744. The Hall–Kier alpha value is -1.49. The zero-order valence-electron chi connectivity index (χ0n) is 8.60. The summed E-state index contributed by atoms with van der Waals surface area (Å²) in [7, 11) is 1.89. The molecule has 15 heavy (non-hydrogen) atoms. The molecule has 0 amide bonds. The van der Waals surface area contributed by atoms with Crippen molar-refractivity contribution in [3.63, 3.8) is 0 Å². The van der Waals surface area contributed by atoms with E-state index in [0.717, 1.165) is 29.0 Å². The molecule has 0 unspecified atom stereocenters. The van der Waals surface area contributed by atoms with Crippen molar-refractivity contribution >= 4 is 17.6 Å². The van der Waals surface area contributed by atoms with Crippen molar-refractivity contribution in [3.05, 3.63) is 23.0 Å². The molecule has 0 atom stereocenters. The second-order valence-corrected chi connectivity index (χ2v) is 4.26. The van der Waals surface area contributed by atoms with Gasteiger partial charge in [0.2, 0.25) is 0 Å². The molecular weight excluding hydrogens is 210 g/mol. The molecule has 0 aliphatic heterocycles. The van der Waals surface area contributed by atoms with Gasteiger partial charge in [0, 0.05) is 19.4 Å². The van der Waals surface area contributed by atoms with Gasteiger partial charge < -0.3 is 0 Å². The van der Waals surface area contributed by atoms with Gasteiger partial charge in [0.1, 0.15) is 5.01 Å². The zero-order valence-corrected chi connectivity index (χ0v) is 9.41. The zero-order chi connectivity index (χ0) is 10.8. The summed E-state index contributed by atoms with van der Waals surface area (Å²) < 4.78 is 1.77. The minimum absolute atomic E-state index is 0.649. The minimum Gasteiger partial charge on any atom is -0.297 e. The minimum atomic E-state index is 0.649. The predicted octanol–water partition coefficient (Wildman–Crippen LogP) is 1.92. The van der Waals surface area contributed by atoms with Crippen molar-refractivity contribution in [2.45, 2.75) is 13.3 Å². The highest BCUT2D eigenvalue weighted by Gasteiger charge is 2.11. The van der Waals surface area contributed by atoms with E-state index >= 15 is 0 Å². The Labute approximate surface area is 91.6 Å². The summed E-state index contributed by atoms with van der Waals surface area (Å²) in [6.45, 7) is 2.06. The van der Waals surface area contributed by atoms with Crippen LogP contribution in [0.1, 0.15) is 22.3 Å². The Morgan fingerprint density at radius 1 is 1.60 bits per heavy atom. The van der Waals surface area contributed by atoms with Crippen LogP contribution in [-0.2, 0) is 13.5 Å². The van der Waals surface area contributed by atoms with E-state index < -0.39 is 0 Å². The number of hydrogen-bond donors (Lipinski definition) is 0. The Bertz CT molecular complexity index is 487. The van der Waals surface area contributed by atoms with Gasteiger partial charge in [-0.1, -0.05) is 6.92 Å². The molecule has 0 fully saturated rings. The highest BCUT2D eigenvalue weighted by Crippen LogP contribution is 2.27. The van der Waals surface area contributed by atoms with Crippen LogP contribution in [0.15, 0.2) is 12.4 Å². The van der Waals surface area contributed by atoms with Crippen molar-refractivity contribution in [2.75, 3.05) is 0 Å². The Morgan fingerprint density at radius 2 is 2.40 bits per heavy atom. The molecule has 0 saturated heterocycles. The summed E-state index contributed by atoms with van der Waals surface area (Å²) in [5.74, 6) is 0. The number of carbonyl (C=O) groups is 1. The molecule has 78 valence electrons. The number of hydrogen-bond acceptors (Lipinski definition) is 4. The van der Waals surface area contributed by atoms with Gasteiger partial charge in [-0.05, 0) is 6.42 Å². The van der Waals surface area contributed by atoms with Crippen LogP contribution in [0, 0.1) is 0 Å². The third kappa shape index (κ3) is 1.83. The molecule has 0 saturated carbocycles. The van der Waals surface area contributed by atoms with Crippen LogP contribution >= 0.6 is 11.3 Å². The van der Waals surface area contributed by atoms with Crippen molar-refractivity contribution in [1.29, 1.82) is 0 Å². The fourth-order valence-corrected chi connectivity index (χ4v) is 2.20. The van der Waals surface area contributed by atoms with Gasteiger partial charge in [0.25, 0.3) is 0 Å². The van der Waals surface area contributed by atoms with Gasteiger partial charge >= 0.3 is 0 Å². The third-order valence-corrected chi connectivity index (χ3v) is 3.07. The highest BCUT2D eigenvalue weighted by atomic mass is 32.1. The predicted molar refractivity (Wildman–Crippen MR) is 59.1 cm³/mol. The summed E-state index contributed by atoms with van der Waals surface area (Å²) in [5.41, 5.74) is 2.04. The third-order valence-electron chi connectivity index (χ3n) is 2.11. The maximum absolute atomic E-state index is 10.6. The molecule has 5 heteroatoms. The fraction of sp³-hybridized carbons (Fsp3) is 0.300. The molecule has 2 aromatic heterocycles. The highest BCUT2D eigenvalue weighted by molar-refractivity contribution is 7.16. The molecule has 0 N–H and O–H groups in total. The Kier molecular flexibility index (Phi) is 2.64. The first-order valence-corrected chi connectivity index (χ1v) is 5.50. The molecule has 0 aromatic carbocycles. The monoisotopic (exact) mass is 221 g/mol. The van der Waals surface area contributed by atoms with Gasteiger partial charge in [-0.15, -0.1) is 11.3 Å². The number of thiazole rings is 1. The maximum atomic E-state index is 10.6. The molecule has 0 aliphatic rings. The Balaban J connectivity index is 2.47. The lowest BCUT2D eigenvalue weighted by molar-refractivity contribution is 0.112. The van der Waals surface area contributed by atoms with Gasteiger partial charge in [0.15, 0.2) is 6.29 Å². The number of aromatic nitrogens is 3. The van der Waals surface area contributed by atoms with Crippen LogP contribution in [0.2, 0.25) is 0 Å². The second kappa shape index (κ2) is 3.94. The summed E-state index contributed by atoms with van der Waals surface area (Å²) in [5, 5.41) is 5.20. The number of aldehydes is 1. The number of nitrogens with zero attached hydrogens (tertiary/aromatic N) is 3. The average molecular weight is 221 g/mol. The van der Waals surface area contributed by atoms with Crippen LogP contribution in [-0.4, -0.2) is 21.1 Å². The molecule has 0 aliphatic carbocycles. The molecule has 2 aromatic rings. The van der Waals surface area contributed by atoms with Crippen LogP contribution in [0.5, 0.6) is 0 Å². The summed E-state index contributed by atoms with van der Waals surface area (Å²) >= 11 is 1.40. The molecule has 2 heterocycles. The number of carbonyl (C=O) groups excluding carboxylic acids is 1. The van der Waals surface area contributed by atoms with Crippen LogP contribution in [0.4, 0.5) is 0 Å². The van der Waals surface area contributed by atoms with Gasteiger partial charge in [-0.25, -0.2) is 4.98 Å². The number of rotatable bonds is 3. The topological polar surface area (TPSA) is 47.8 Å². The molecule has 4 nitrogen and oxygen atoms in total. The first-order valence-electron chi connectivity index (χ1n) is 4.68. The van der Waals surface area contributed by atoms with E-state index in [-0.39, 0.29) is 0 Å². The maximum Gasteiger partial charge on any atom is 0.161 e. The lowest BCUT2D eigenvalue weighted by Crippen LogP contribution is -1.89. The van der Waals surface area contributed by atoms with Crippen molar-refractivity contribution in [1.82, 2.24) is 14.8 Å². The van der Waals surface area contributed by atoms with E-state index in [1.54, 1.807) is 10.9 Å². The smallest absolute Gasteiger partial charge is 0.161 e. The van der Waals surface area contributed by atoms with E-state index in [2.05, 4.69) is 17.0 Å². The second-order valence-electron chi connectivity index (χ2n) is 3.20. The summed E-state index contributed by atoms with van der Waals surface area (Å²) in [4.78, 5) is 15.4. The van der Waals surface area contributed by atoms with Crippen molar-refractivity contribution in [2.24, 2.45) is 7.05 Å². The molecule has 2 rings (SSSR count). The van der Waals surface area contributed by atoms with Crippen LogP contribution in [0.3, 0.4) is 0 Å². The van der Waals surface area contributed by atoms with Gasteiger partial charge in [-0.2, -0.15) is 5.10 Å². The summed E-state index contributed by atoms with van der Waals surface area (Å²) in [6, 6.07) is 0. The van der Waals surface area contributed by atoms with Crippen LogP contribution < -0.4 is 0 Å². The summed E-state index contributed by atoms with van der Waals surface area (Å²) in [6.07, 6.45) is 5.22. The molecular formula is C10H11N3OS. The van der Waals surface area contributed by atoms with Gasteiger partial charge in [0.05, 0.1) is 16.1 Å². The SMILES string of the molecule is CCc1nn(C)cc1-c1ncc(C=O)s1. The van der Waals surface area contributed by atoms with E-state index in [9.17, 15) is 4.79 Å². The average Bonchev–Trinajstić information content (AvgIpc) is 2.82. The fourth-order valence-electron chi connectivity index (χ4n) is 1.44. The van der Waals surface area contributed by atoms with E-state index in [1.165, 1.54) is 11.3 Å². The van der Waals surface area contributed by atoms with Crippen molar-refractivity contribution in [3.8, 4) is 10.6 Å². The Morgan fingerprint density at radius 3 is 3.00 bits per heavy atom. The lowest BCUT2D eigenvalue weighted by Gasteiger charge is -1.92. The normalized spacial score (nSPS) is 10.5. The lowest BCUT2D eigenvalue weighted by atomic mass is 10.2. The van der Waals surface area contributed by atoms with E-state index in [4.69, 9.17) is 0 Å². The molecule has 0 spiro atoms. The standard InChI is InChI=1S/C10H11N3OS/c1-3-9-8(5-13(2)12-9)10-11-4-7(6-14)15-10/h4-6H,3H2,1-2H3. The molecule has 0 radical (unpaired) electrons. The first-order chi connectivity index (χ1) is 7.24. The van der Waals surface area contributed by atoms with Crippen molar-refractivity contribution < 1.29 is 4.79 Å². The van der Waals surface area contributed by atoms with E-state index in [0.29, 0.717) is 4.88 Å².